The number of β-lactam (4-membered cyclic amide) rings is 1. The molecule has 2 aromatic rings. The number of thioether (sulfide) groups is 1. The van der Waals surface area contributed by atoms with Gasteiger partial charge in [-0.1, -0.05) is 5.16 Å². The van der Waals surface area contributed by atoms with Gasteiger partial charge in [0.25, 0.3) is 11.8 Å². The van der Waals surface area contributed by atoms with E-state index in [1.54, 1.807) is 29.4 Å². The van der Waals surface area contributed by atoms with Crippen LogP contribution in [0.15, 0.2) is 53.5 Å². The fourth-order valence-electron chi connectivity index (χ4n) is 3.38. The van der Waals surface area contributed by atoms with Crippen molar-refractivity contribution in [3.63, 3.8) is 0 Å². The molecule has 0 saturated carbocycles. The first-order chi connectivity index (χ1) is 15.0. The summed E-state index contributed by atoms with van der Waals surface area (Å²) < 4.78 is 1.79. The third kappa shape index (κ3) is 3.86. The molecular weight excluding hydrogens is 426 g/mol. The first-order valence-electron chi connectivity index (χ1n) is 9.12. The van der Waals surface area contributed by atoms with E-state index >= 15 is 0 Å². The molecule has 160 valence electrons. The van der Waals surface area contributed by atoms with Crippen LogP contribution in [0, 0.1) is 0 Å². The largest absolute Gasteiger partial charge is 0.477 e. The van der Waals surface area contributed by atoms with E-state index in [-0.39, 0.29) is 11.4 Å². The van der Waals surface area contributed by atoms with E-state index in [0.29, 0.717) is 23.6 Å². The van der Waals surface area contributed by atoms with Gasteiger partial charge in [-0.25, -0.2) is 4.79 Å². The third-order valence-corrected chi connectivity index (χ3v) is 6.09. The summed E-state index contributed by atoms with van der Waals surface area (Å²) in [5, 5.41) is 21.9. The van der Waals surface area contributed by atoms with Gasteiger partial charge in [0.15, 0.2) is 24.7 Å². The first-order valence-corrected chi connectivity index (χ1v) is 10.2. The molecule has 0 bridgehead atoms. The summed E-state index contributed by atoms with van der Waals surface area (Å²) in [6, 6.07) is 0.655. The average Bonchev–Trinajstić information content (AvgIpc) is 3.30. The number of hydrogen-bond acceptors (Lipinski definition) is 8. The highest BCUT2D eigenvalue weighted by molar-refractivity contribution is 8.00. The number of nitrogens with one attached hydrogen (secondary N) is 2. The number of aromatic nitrogens is 4. The smallest absolute Gasteiger partial charge is 0.352 e. The molecule has 0 aromatic carbocycles. The summed E-state index contributed by atoms with van der Waals surface area (Å²) >= 11 is 1.39. The molecule has 1 saturated heterocycles. The predicted molar refractivity (Wildman–Crippen MR) is 106 cm³/mol. The Morgan fingerprint density at radius 2 is 2.19 bits per heavy atom. The van der Waals surface area contributed by atoms with Gasteiger partial charge in [-0.2, -0.15) is 9.67 Å². The molecule has 4 rings (SSSR count). The van der Waals surface area contributed by atoms with Crippen molar-refractivity contribution < 1.29 is 28.9 Å². The van der Waals surface area contributed by atoms with Crippen molar-refractivity contribution >= 4 is 35.3 Å². The molecule has 13 heteroatoms. The normalized spacial score (nSPS) is 20.7. The van der Waals surface area contributed by atoms with Crippen LogP contribution in [0.2, 0.25) is 0 Å². The Hall–Kier alpha value is -3.74. The predicted octanol–water partition coefficient (Wildman–Crippen LogP) is -1.12. The van der Waals surface area contributed by atoms with Crippen molar-refractivity contribution in [1.82, 2.24) is 25.4 Å². The molecule has 2 aliphatic heterocycles. The van der Waals surface area contributed by atoms with Crippen LogP contribution < -0.4 is 9.88 Å². The molecule has 1 fully saturated rings. The van der Waals surface area contributed by atoms with Crippen LogP contribution in [-0.2, 0) is 25.8 Å². The number of carboxylic acid groups (broad SMARTS) is 1. The van der Waals surface area contributed by atoms with Crippen LogP contribution in [0.5, 0.6) is 0 Å². The molecule has 0 aliphatic carbocycles. The lowest BCUT2D eigenvalue weighted by atomic mass is 10.0. The Kier molecular flexibility index (Phi) is 5.66. The zero-order valence-electron chi connectivity index (χ0n) is 16.3. The summed E-state index contributed by atoms with van der Waals surface area (Å²) in [6.07, 6.45) is 8.08. The summed E-state index contributed by atoms with van der Waals surface area (Å²) in [6.45, 7) is 0.315. The lowest BCUT2D eigenvalue weighted by Gasteiger charge is -2.49. The molecule has 2 aromatic heterocycles. The maximum absolute atomic E-state index is 12.8. The van der Waals surface area contributed by atoms with Gasteiger partial charge in [-0.05, 0) is 6.07 Å². The zero-order chi connectivity index (χ0) is 22.0. The van der Waals surface area contributed by atoms with E-state index in [4.69, 9.17) is 4.84 Å². The van der Waals surface area contributed by atoms with E-state index in [2.05, 4.69) is 25.7 Å². The first kappa shape index (κ1) is 20.5. The standard InChI is InChI=1S/C18H17N7O5S/c1-30-23-12(11-2-3-20-22-11)15(26)21-13-16(27)25-14(18(28)29)10(9-31-17(13)25)8-24-6-4-19-5-7-24/h2-7,13,17H,8-9H2,1H3,(H2-,20,21,22,23,26,28,29)/p+1/t13?,17-/m1/s1. The molecule has 4 heterocycles. The number of aromatic amines is 1. The number of carbonyl (C=O) groups is 3. The summed E-state index contributed by atoms with van der Waals surface area (Å²) in [4.78, 5) is 47.3. The Morgan fingerprint density at radius 1 is 1.42 bits per heavy atom. The van der Waals surface area contributed by atoms with Crippen molar-refractivity contribution in [3.05, 3.63) is 54.0 Å². The van der Waals surface area contributed by atoms with Gasteiger partial charge in [0.05, 0.1) is 18.1 Å². The number of amides is 2. The van der Waals surface area contributed by atoms with Gasteiger partial charge in [0.1, 0.15) is 24.2 Å². The minimum absolute atomic E-state index is 0.0529. The number of carbonyl (C=O) groups excluding carboxylic acids is 2. The molecule has 2 amide bonds. The zero-order valence-corrected chi connectivity index (χ0v) is 17.1. The van der Waals surface area contributed by atoms with Crippen LogP contribution in [0.4, 0.5) is 0 Å². The molecule has 1 unspecified atom stereocenters. The van der Waals surface area contributed by atoms with Crippen LogP contribution in [-0.4, -0.2) is 73.0 Å². The molecule has 3 N–H and O–H groups in total. The van der Waals surface area contributed by atoms with Crippen LogP contribution in [0.1, 0.15) is 5.69 Å². The Morgan fingerprint density at radius 3 is 2.84 bits per heavy atom. The highest BCUT2D eigenvalue weighted by Crippen LogP contribution is 2.40. The maximum atomic E-state index is 12.8. The second kappa shape index (κ2) is 8.55. The summed E-state index contributed by atoms with van der Waals surface area (Å²) in [7, 11) is 1.29. The highest BCUT2D eigenvalue weighted by atomic mass is 32.2. The molecule has 0 radical (unpaired) electrons. The number of H-pyrrole nitrogens is 1. The monoisotopic (exact) mass is 444 g/mol. The second-order valence-electron chi connectivity index (χ2n) is 6.63. The number of nitrogens with zero attached hydrogens (tertiary/aromatic N) is 5. The van der Waals surface area contributed by atoms with E-state index in [1.165, 1.54) is 36.0 Å². The number of carboxylic acids is 1. The summed E-state index contributed by atoms with van der Waals surface area (Å²) in [5.41, 5.74) is 0.794. The molecule has 2 atom stereocenters. The number of oxime groups is 1. The molecule has 0 spiro atoms. The third-order valence-electron chi connectivity index (χ3n) is 4.75. The maximum Gasteiger partial charge on any atom is 0.352 e. The Labute approximate surface area is 180 Å². The molecular formula is C18H18N7O5S+. The highest BCUT2D eigenvalue weighted by Gasteiger charge is 2.54. The number of hydrogen-bond donors (Lipinski definition) is 3. The van der Waals surface area contributed by atoms with Gasteiger partial charge in [0.2, 0.25) is 0 Å². The molecule has 2 aliphatic rings. The van der Waals surface area contributed by atoms with Gasteiger partial charge < -0.3 is 15.3 Å². The van der Waals surface area contributed by atoms with E-state index in [0.717, 1.165) is 0 Å². The minimum Gasteiger partial charge on any atom is -0.477 e. The van der Waals surface area contributed by atoms with E-state index in [1.807, 2.05) is 0 Å². The van der Waals surface area contributed by atoms with Crippen molar-refractivity contribution in [3.8, 4) is 0 Å². The van der Waals surface area contributed by atoms with Crippen molar-refractivity contribution in [1.29, 1.82) is 0 Å². The second-order valence-corrected chi connectivity index (χ2v) is 7.73. The fraction of sp³-hybridized carbons (Fsp3) is 0.278. The average molecular weight is 444 g/mol. The van der Waals surface area contributed by atoms with Gasteiger partial charge in [-0.15, -0.1) is 11.8 Å². The van der Waals surface area contributed by atoms with Crippen molar-refractivity contribution in [2.75, 3.05) is 12.9 Å². The minimum atomic E-state index is -1.19. The quantitative estimate of drug-likeness (QED) is 0.210. The Bertz CT molecular complexity index is 1070. The molecule has 12 nitrogen and oxygen atoms in total. The lowest BCUT2D eigenvalue weighted by molar-refractivity contribution is -0.689. The van der Waals surface area contributed by atoms with Crippen molar-refractivity contribution in [2.24, 2.45) is 5.16 Å². The van der Waals surface area contributed by atoms with Crippen LogP contribution in [0.25, 0.3) is 0 Å². The van der Waals surface area contributed by atoms with E-state index in [9.17, 15) is 19.5 Å². The topological polar surface area (TPSA) is 154 Å². The van der Waals surface area contributed by atoms with Gasteiger partial charge in [0, 0.05) is 17.5 Å². The Balaban J connectivity index is 1.53. The van der Waals surface area contributed by atoms with Crippen LogP contribution in [0.3, 0.4) is 0 Å². The number of rotatable bonds is 7. The van der Waals surface area contributed by atoms with Gasteiger partial charge in [-0.3, -0.25) is 24.6 Å². The lowest BCUT2D eigenvalue weighted by Crippen LogP contribution is -2.71. The summed E-state index contributed by atoms with van der Waals surface area (Å²) in [5.74, 6) is -1.92. The van der Waals surface area contributed by atoms with Crippen LogP contribution >= 0.6 is 11.8 Å². The number of fused-ring (bicyclic) bond motifs is 1. The van der Waals surface area contributed by atoms with Gasteiger partial charge >= 0.3 is 5.97 Å². The molecule has 31 heavy (non-hydrogen) atoms. The van der Waals surface area contributed by atoms with Crippen molar-refractivity contribution in [2.45, 2.75) is 18.0 Å². The fourth-order valence-corrected chi connectivity index (χ4v) is 4.72. The number of aliphatic carboxylic acids is 1. The van der Waals surface area contributed by atoms with E-state index < -0.39 is 29.2 Å². The SMILES string of the molecule is CO/N=C(\C(=O)NC1C(=O)N2C(C(=O)O)=C(C[n+]3ccncc3)CS[C@H]12)c1ccn[nH]1.